The van der Waals surface area contributed by atoms with Crippen LogP contribution in [0.15, 0.2) is 54.6 Å². The minimum absolute atomic E-state index is 0.642. The van der Waals surface area contributed by atoms with E-state index in [1.54, 1.807) is 0 Å². The van der Waals surface area contributed by atoms with Crippen LogP contribution in [0.2, 0.25) is 5.02 Å². The molecule has 0 saturated heterocycles. The third-order valence-electron chi connectivity index (χ3n) is 2.54. The molecule has 18 heavy (non-hydrogen) atoms. The van der Waals surface area contributed by atoms with Gasteiger partial charge in [-0.25, -0.2) is 0 Å². The number of thiocarbonyl (C=S) groups is 1. The first-order valence-electron chi connectivity index (χ1n) is 5.52. The summed E-state index contributed by atoms with van der Waals surface area (Å²) >= 11 is 11.2. The molecule has 0 fully saturated rings. The van der Waals surface area contributed by atoms with E-state index in [2.05, 4.69) is 5.32 Å². The molecule has 0 unspecified atom stereocenters. The summed E-state index contributed by atoms with van der Waals surface area (Å²) in [5.41, 5.74) is 1.97. The van der Waals surface area contributed by atoms with Crippen LogP contribution >= 0.6 is 23.8 Å². The number of para-hydroxylation sites is 1. The number of halogens is 1. The normalized spacial score (nSPS) is 9.89. The Morgan fingerprint density at radius 3 is 2.28 bits per heavy atom. The van der Waals surface area contributed by atoms with Crippen molar-refractivity contribution in [3.05, 3.63) is 59.6 Å². The van der Waals surface area contributed by atoms with Crippen LogP contribution in [-0.4, -0.2) is 12.2 Å². The fraction of sp³-hybridized carbons (Fsp3) is 0.0714. The smallest absolute Gasteiger partial charge is 0.177 e. The Balaban J connectivity index is 2.07. The van der Waals surface area contributed by atoms with Crippen molar-refractivity contribution < 1.29 is 0 Å². The molecule has 0 aromatic heterocycles. The number of benzene rings is 2. The van der Waals surface area contributed by atoms with Crippen molar-refractivity contribution in [3.63, 3.8) is 0 Å². The zero-order valence-corrected chi connectivity index (χ0v) is 11.5. The summed E-state index contributed by atoms with van der Waals surface area (Å²) in [6, 6.07) is 17.4. The van der Waals surface area contributed by atoms with E-state index in [1.165, 1.54) is 0 Å². The minimum atomic E-state index is 0.642. The molecule has 0 spiro atoms. The molecule has 2 aromatic carbocycles. The second kappa shape index (κ2) is 5.85. The number of nitrogens with zero attached hydrogens (tertiary/aromatic N) is 1. The first-order chi connectivity index (χ1) is 8.66. The van der Waals surface area contributed by atoms with Crippen LogP contribution in [0.5, 0.6) is 0 Å². The van der Waals surface area contributed by atoms with Gasteiger partial charge in [0, 0.05) is 23.4 Å². The molecule has 0 saturated carbocycles. The highest BCUT2D eigenvalue weighted by molar-refractivity contribution is 7.80. The lowest BCUT2D eigenvalue weighted by molar-refractivity contribution is 1.28. The van der Waals surface area contributed by atoms with Crippen molar-refractivity contribution in [2.45, 2.75) is 0 Å². The lowest BCUT2D eigenvalue weighted by atomic mass is 10.3. The molecule has 4 heteroatoms. The van der Waals surface area contributed by atoms with E-state index < -0.39 is 0 Å². The molecule has 0 radical (unpaired) electrons. The van der Waals surface area contributed by atoms with Crippen LogP contribution in [0.1, 0.15) is 0 Å². The molecule has 0 bridgehead atoms. The van der Waals surface area contributed by atoms with Gasteiger partial charge in [0.25, 0.3) is 0 Å². The Hall–Kier alpha value is -1.58. The van der Waals surface area contributed by atoms with Gasteiger partial charge in [0.05, 0.1) is 0 Å². The summed E-state index contributed by atoms with van der Waals surface area (Å²) in [5, 5.41) is 4.54. The van der Waals surface area contributed by atoms with Gasteiger partial charge in [-0.1, -0.05) is 29.8 Å². The SMILES string of the molecule is CN(C(=S)Nc1ccccc1)c1ccc(Cl)cc1. The van der Waals surface area contributed by atoms with Gasteiger partial charge in [0.1, 0.15) is 0 Å². The lowest BCUT2D eigenvalue weighted by Crippen LogP contribution is -2.30. The zero-order valence-electron chi connectivity index (χ0n) is 9.93. The second-order valence-corrected chi connectivity index (χ2v) is 4.65. The Morgan fingerprint density at radius 1 is 1.06 bits per heavy atom. The lowest BCUT2D eigenvalue weighted by Gasteiger charge is -2.21. The molecular weight excluding hydrogens is 264 g/mol. The number of anilines is 2. The average molecular weight is 277 g/mol. The highest BCUT2D eigenvalue weighted by atomic mass is 35.5. The first kappa shape index (κ1) is 12.9. The molecule has 2 aromatic rings. The average Bonchev–Trinajstić information content (AvgIpc) is 2.40. The molecule has 0 amide bonds. The Bertz CT molecular complexity index is 525. The third kappa shape index (κ3) is 3.22. The Kier molecular flexibility index (Phi) is 4.18. The van der Waals surface area contributed by atoms with Gasteiger partial charge in [-0.15, -0.1) is 0 Å². The summed E-state index contributed by atoms with van der Waals surface area (Å²) in [5.74, 6) is 0. The third-order valence-corrected chi connectivity index (χ3v) is 3.17. The van der Waals surface area contributed by atoms with Crippen molar-refractivity contribution in [2.75, 3.05) is 17.3 Å². The molecule has 0 aliphatic rings. The summed E-state index contributed by atoms with van der Waals surface area (Å²) in [6.07, 6.45) is 0. The van der Waals surface area contributed by atoms with E-state index in [-0.39, 0.29) is 0 Å². The van der Waals surface area contributed by atoms with Gasteiger partial charge in [-0.05, 0) is 48.6 Å². The molecule has 0 aliphatic carbocycles. The highest BCUT2D eigenvalue weighted by Crippen LogP contribution is 2.18. The summed E-state index contributed by atoms with van der Waals surface area (Å²) in [6.45, 7) is 0. The van der Waals surface area contributed by atoms with Crippen LogP contribution in [-0.2, 0) is 0 Å². The molecule has 2 nitrogen and oxygen atoms in total. The maximum atomic E-state index is 5.86. The number of hydrogen-bond donors (Lipinski definition) is 1. The molecule has 92 valence electrons. The Labute approximate surface area is 117 Å². The number of rotatable bonds is 2. The highest BCUT2D eigenvalue weighted by Gasteiger charge is 2.06. The van der Waals surface area contributed by atoms with Crippen LogP contribution in [0.4, 0.5) is 11.4 Å². The van der Waals surface area contributed by atoms with Crippen molar-refractivity contribution >= 4 is 40.3 Å². The van der Waals surface area contributed by atoms with Crippen molar-refractivity contribution in [3.8, 4) is 0 Å². The van der Waals surface area contributed by atoms with Crippen LogP contribution in [0.25, 0.3) is 0 Å². The van der Waals surface area contributed by atoms with Gasteiger partial charge < -0.3 is 10.2 Å². The van der Waals surface area contributed by atoms with Gasteiger partial charge in [-0.2, -0.15) is 0 Å². The molecule has 1 N–H and O–H groups in total. The van der Waals surface area contributed by atoms with Crippen LogP contribution in [0, 0.1) is 0 Å². The summed E-state index contributed by atoms with van der Waals surface area (Å²) in [7, 11) is 1.92. The fourth-order valence-corrected chi connectivity index (χ4v) is 1.86. The number of hydrogen-bond acceptors (Lipinski definition) is 1. The molecular formula is C14H13ClN2S. The van der Waals surface area contributed by atoms with Crippen LogP contribution in [0.3, 0.4) is 0 Å². The van der Waals surface area contributed by atoms with Crippen molar-refractivity contribution in [1.29, 1.82) is 0 Å². The maximum absolute atomic E-state index is 5.86. The molecule has 0 aliphatic heterocycles. The van der Waals surface area contributed by atoms with Gasteiger partial charge in [0.2, 0.25) is 0 Å². The predicted molar refractivity (Wildman–Crippen MR) is 82.5 cm³/mol. The molecule has 2 rings (SSSR count). The van der Waals surface area contributed by atoms with E-state index in [9.17, 15) is 0 Å². The van der Waals surface area contributed by atoms with E-state index >= 15 is 0 Å². The van der Waals surface area contributed by atoms with Gasteiger partial charge in [0.15, 0.2) is 5.11 Å². The molecule has 0 atom stereocenters. The largest absolute Gasteiger partial charge is 0.332 e. The quantitative estimate of drug-likeness (QED) is 0.829. The monoisotopic (exact) mass is 276 g/mol. The topological polar surface area (TPSA) is 15.3 Å². The van der Waals surface area contributed by atoms with E-state index in [1.807, 2.05) is 66.5 Å². The van der Waals surface area contributed by atoms with Crippen LogP contribution < -0.4 is 10.2 Å². The second-order valence-electron chi connectivity index (χ2n) is 3.83. The van der Waals surface area contributed by atoms with Crippen molar-refractivity contribution in [1.82, 2.24) is 0 Å². The summed E-state index contributed by atoms with van der Waals surface area (Å²) in [4.78, 5) is 1.90. The maximum Gasteiger partial charge on any atom is 0.177 e. The molecule has 0 heterocycles. The van der Waals surface area contributed by atoms with Gasteiger partial charge >= 0.3 is 0 Å². The standard InChI is InChI=1S/C14H13ClN2S/c1-17(13-9-7-11(15)8-10-13)14(18)16-12-5-3-2-4-6-12/h2-10H,1H3,(H,16,18). The number of nitrogens with one attached hydrogen (secondary N) is 1. The fourth-order valence-electron chi connectivity index (χ4n) is 1.51. The predicted octanol–water partition coefficient (Wildman–Crippen LogP) is 4.17. The zero-order chi connectivity index (χ0) is 13.0. The minimum Gasteiger partial charge on any atom is -0.332 e. The van der Waals surface area contributed by atoms with Crippen molar-refractivity contribution in [2.24, 2.45) is 0 Å². The van der Waals surface area contributed by atoms with Gasteiger partial charge in [-0.3, -0.25) is 0 Å². The summed E-state index contributed by atoms with van der Waals surface area (Å²) < 4.78 is 0. The van der Waals surface area contributed by atoms with E-state index in [0.717, 1.165) is 11.4 Å². The first-order valence-corrected chi connectivity index (χ1v) is 6.31. The van der Waals surface area contributed by atoms with E-state index in [0.29, 0.717) is 10.1 Å². The van der Waals surface area contributed by atoms with E-state index in [4.69, 9.17) is 23.8 Å². The Morgan fingerprint density at radius 2 is 1.67 bits per heavy atom.